The summed E-state index contributed by atoms with van der Waals surface area (Å²) in [4.78, 5) is 5.84. The van der Waals surface area contributed by atoms with Gasteiger partial charge >= 0.3 is 0 Å². The van der Waals surface area contributed by atoms with Crippen molar-refractivity contribution in [2.75, 3.05) is 6.54 Å². The number of aryl methyl sites for hydroxylation is 1. The first-order valence-corrected chi connectivity index (χ1v) is 7.77. The summed E-state index contributed by atoms with van der Waals surface area (Å²) in [5.41, 5.74) is 1.86. The minimum absolute atomic E-state index is 0.289. The molecule has 5 heteroatoms. The molecule has 0 fully saturated rings. The van der Waals surface area contributed by atoms with Gasteiger partial charge in [0, 0.05) is 16.5 Å². The van der Waals surface area contributed by atoms with Crippen LogP contribution in [-0.2, 0) is 0 Å². The molecule has 0 aliphatic carbocycles. The predicted molar refractivity (Wildman–Crippen MR) is 84.4 cm³/mol. The molecule has 0 saturated heterocycles. The summed E-state index contributed by atoms with van der Waals surface area (Å²) in [6.07, 6.45) is 0. The molecule has 0 aliphatic heterocycles. The fraction of sp³-hybridized carbons (Fsp3) is 0.357. The molecular weight excluding hydrogens is 299 g/mol. The molecule has 2 nitrogen and oxygen atoms in total. The molecule has 2 aromatic rings. The van der Waals surface area contributed by atoms with E-state index in [-0.39, 0.29) is 6.04 Å². The standard InChI is InChI=1S/C14H16Cl2N2S/c1-4-17-8(2)13-9(3)18-14(19-13)12-10(15)6-5-7-11(12)16/h5-8,17H,4H2,1-3H3. The van der Waals surface area contributed by atoms with Crippen molar-refractivity contribution in [3.8, 4) is 10.6 Å². The van der Waals surface area contributed by atoms with Gasteiger partial charge in [0.05, 0.1) is 15.7 Å². The number of halogens is 2. The SMILES string of the molecule is CCNC(C)c1sc(-c2c(Cl)cccc2Cl)nc1C. The molecule has 1 atom stereocenters. The molecular formula is C14H16Cl2N2S. The Morgan fingerprint density at radius 3 is 2.53 bits per heavy atom. The lowest BCUT2D eigenvalue weighted by Crippen LogP contribution is -2.17. The van der Waals surface area contributed by atoms with Gasteiger partial charge < -0.3 is 5.32 Å². The van der Waals surface area contributed by atoms with Crippen molar-refractivity contribution in [3.05, 3.63) is 38.8 Å². The Balaban J connectivity index is 2.45. The van der Waals surface area contributed by atoms with E-state index in [9.17, 15) is 0 Å². The third-order valence-corrected chi connectivity index (χ3v) is 4.90. The Morgan fingerprint density at radius 2 is 1.95 bits per heavy atom. The molecule has 0 aliphatic rings. The summed E-state index contributed by atoms with van der Waals surface area (Å²) in [6, 6.07) is 5.81. The third-order valence-electron chi connectivity index (χ3n) is 2.91. The van der Waals surface area contributed by atoms with Crippen LogP contribution in [0, 0.1) is 6.92 Å². The van der Waals surface area contributed by atoms with Gasteiger partial charge in [-0.3, -0.25) is 0 Å². The fourth-order valence-electron chi connectivity index (χ4n) is 2.02. The van der Waals surface area contributed by atoms with E-state index >= 15 is 0 Å². The number of rotatable bonds is 4. The summed E-state index contributed by atoms with van der Waals surface area (Å²) in [5, 5.41) is 5.57. The van der Waals surface area contributed by atoms with Crippen LogP contribution in [0.1, 0.15) is 30.5 Å². The van der Waals surface area contributed by atoms with Gasteiger partial charge in [-0.1, -0.05) is 36.2 Å². The van der Waals surface area contributed by atoms with Gasteiger partial charge in [0.15, 0.2) is 0 Å². The van der Waals surface area contributed by atoms with Crippen molar-refractivity contribution < 1.29 is 0 Å². The quantitative estimate of drug-likeness (QED) is 0.849. The Bertz CT molecular complexity index is 561. The van der Waals surface area contributed by atoms with Crippen LogP contribution in [0.2, 0.25) is 10.0 Å². The zero-order valence-electron chi connectivity index (χ0n) is 11.1. The van der Waals surface area contributed by atoms with Gasteiger partial charge in [-0.15, -0.1) is 11.3 Å². The number of hydrogen-bond acceptors (Lipinski definition) is 3. The number of nitrogens with zero attached hydrogens (tertiary/aromatic N) is 1. The number of nitrogens with one attached hydrogen (secondary N) is 1. The lowest BCUT2D eigenvalue weighted by atomic mass is 10.2. The minimum atomic E-state index is 0.289. The second-order valence-corrected chi connectivity index (χ2v) is 6.19. The minimum Gasteiger partial charge on any atom is -0.310 e. The van der Waals surface area contributed by atoms with Crippen molar-refractivity contribution >= 4 is 34.5 Å². The van der Waals surface area contributed by atoms with Gasteiger partial charge in [0.1, 0.15) is 5.01 Å². The summed E-state index contributed by atoms with van der Waals surface area (Å²) in [5.74, 6) is 0. The lowest BCUT2D eigenvalue weighted by molar-refractivity contribution is 0.603. The van der Waals surface area contributed by atoms with Crippen molar-refractivity contribution in [2.45, 2.75) is 26.8 Å². The molecule has 0 bridgehead atoms. The molecule has 102 valence electrons. The van der Waals surface area contributed by atoms with Gasteiger partial charge in [-0.2, -0.15) is 0 Å². The summed E-state index contributed by atoms with van der Waals surface area (Å²) < 4.78 is 0. The number of benzene rings is 1. The van der Waals surface area contributed by atoms with E-state index in [4.69, 9.17) is 23.2 Å². The average molecular weight is 315 g/mol. The lowest BCUT2D eigenvalue weighted by Gasteiger charge is -2.10. The smallest absolute Gasteiger partial charge is 0.126 e. The number of hydrogen-bond donors (Lipinski definition) is 1. The Morgan fingerprint density at radius 1 is 1.32 bits per heavy atom. The summed E-state index contributed by atoms with van der Waals surface area (Å²) >= 11 is 14.1. The van der Waals surface area contributed by atoms with E-state index in [1.165, 1.54) is 4.88 Å². The van der Waals surface area contributed by atoms with E-state index in [0.29, 0.717) is 10.0 Å². The Hall–Kier alpha value is -0.610. The van der Waals surface area contributed by atoms with E-state index < -0.39 is 0 Å². The third kappa shape index (κ3) is 3.11. The summed E-state index contributed by atoms with van der Waals surface area (Å²) in [6.45, 7) is 7.19. The van der Waals surface area contributed by atoms with E-state index in [0.717, 1.165) is 22.8 Å². The van der Waals surface area contributed by atoms with Crippen LogP contribution in [-0.4, -0.2) is 11.5 Å². The first kappa shape index (κ1) is 14.8. The highest BCUT2D eigenvalue weighted by Gasteiger charge is 2.17. The van der Waals surface area contributed by atoms with Gasteiger partial charge in [0.25, 0.3) is 0 Å². The van der Waals surface area contributed by atoms with Crippen LogP contribution in [0.15, 0.2) is 18.2 Å². The van der Waals surface area contributed by atoms with Crippen LogP contribution in [0.5, 0.6) is 0 Å². The number of thiazole rings is 1. The zero-order chi connectivity index (χ0) is 14.0. The molecule has 2 rings (SSSR count). The molecule has 1 aromatic carbocycles. The molecule has 0 saturated carbocycles. The molecule has 1 unspecified atom stereocenters. The normalized spacial score (nSPS) is 12.7. The number of aromatic nitrogens is 1. The second-order valence-electron chi connectivity index (χ2n) is 4.34. The first-order valence-electron chi connectivity index (χ1n) is 6.19. The van der Waals surface area contributed by atoms with Crippen LogP contribution in [0.25, 0.3) is 10.6 Å². The van der Waals surface area contributed by atoms with Crippen LogP contribution < -0.4 is 5.32 Å². The van der Waals surface area contributed by atoms with E-state index in [1.807, 2.05) is 25.1 Å². The van der Waals surface area contributed by atoms with Gasteiger partial charge in [0.2, 0.25) is 0 Å². The van der Waals surface area contributed by atoms with Gasteiger partial charge in [-0.25, -0.2) is 4.98 Å². The van der Waals surface area contributed by atoms with E-state index in [2.05, 4.69) is 24.1 Å². The van der Waals surface area contributed by atoms with Crippen molar-refractivity contribution in [1.82, 2.24) is 10.3 Å². The van der Waals surface area contributed by atoms with E-state index in [1.54, 1.807) is 11.3 Å². The average Bonchev–Trinajstić information content (AvgIpc) is 2.71. The highest BCUT2D eigenvalue weighted by atomic mass is 35.5. The monoisotopic (exact) mass is 314 g/mol. The maximum Gasteiger partial charge on any atom is 0.126 e. The van der Waals surface area contributed by atoms with Crippen molar-refractivity contribution in [1.29, 1.82) is 0 Å². The molecule has 1 N–H and O–H groups in total. The highest BCUT2D eigenvalue weighted by molar-refractivity contribution is 7.15. The largest absolute Gasteiger partial charge is 0.310 e. The molecule has 1 aromatic heterocycles. The summed E-state index contributed by atoms with van der Waals surface area (Å²) in [7, 11) is 0. The van der Waals surface area contributed by atoms with Crippen LogP contribution in [0.3, 0.4) is 0 Å². The molecule has 0 spiro atoms. The maximum atomic E-state index is 6.23. The highest BCUT2D eigenvalue weighted by Crippen LogP contribution is 2.39. The Labute approximate surface area is 127 Å². The van der Waals surface area contributed by atoms with Crippen LogP contribution in [0.4, 0.5) is 0 Å². The first-order chi connectivity index (χ1) is 9.04. The van der Waals surface area contributed by atoms with Crippen LogP contribution >= 0.6 is 34.5 Å². The van der Waals surface area contributed by atoms with Gasteiger partial charge in [-0.05, 0) is 32.5 Å². The molecule has 0 amide bonds. The Kier molecular flexibility index (Phi) is 4.85. The zero-order valence-corrected chi connectivity index (χ0v) is 13.5. The van der Waals surface area contributed by atoms with Crippen molar-refractivity contribution in [2.24, 2.45) is 0 Å². The predicted octanol–water partition coefficient (Wildman–Crippen LogP) is 5.10. The fourth-order valence-corrected chi connectivity index (χ4v) is 3.87. The second kappa shape index (κ2) is 6.23. The molecule has 0 radical (unpaired) electrons. The topological polar surface area (TPSA) is 24.9 Å². The molecule has 19 heavy (non-hydrogen) atoms. The maximum absolute atomic E-state index is 6.23. The molecule has 1 heterocycles. The van der Waals surface area contributed by atoms with Crippen molar-refractivity contribution in [3.63, 3.8) is 0 Å².